The third-order valence-electron chi connectivity index (χ3n) is 3.46. The van der Waals surface area contributed by atoms with Gasteiger partial charge in [-0.3, -0.25) is 0 Å². The minimum Gasteiger partial charge on any atom is -0.459 e. The van der Waals surface area contributed by atoms with Gasteiger partial charge in [-0.25, -0.2) is 0 Å². The second-order valence-electron chi connectivity index (χ2n) is 4.67. The quantitative estimate of drug-likeness (QED) is 0.881. The molecule has 2 rings (SSSR count). The van der Waals surface area contributed by atoms with Crippen LogP contribution in [0.5, 0.6) is 0 Å². The third kappa shape index (κ3) is 2.42. The van der Waals surface area contributed by atoms with E-state index in [2.05, 4.69) is 37.4 Å². The van der Waals surface area contributed by atoms with E-state index in [1.807, 2.05) is 7.05 Å². The predicted molar refractivity (Wildman–Crippen MR) is 74.0 cm³/mol. The Kier molecular flexibility index (Phi) is 4.04. The summed E-state index contributed by atoms with van der Waals surface area (Å²) < 4.78 is 11.0. The van der Waals surface area contributed by atoms with Crippen LogP contribution in [0.15, 0.2) is 22.6 Å². The maximum atomic E-state index is 5.92. The van der Waals surface area contributed by atoms with E-state index in [1.165, 1.54) is 16.5 Å². The number of rotatable bonds is 5. The van der Waals surface area contributed by atoms with Gasteiger partial charge in [0.15, 0.2) is 0 Å². The predicted octanol–water partition coefficient (Wildman–Crippen LogP) is 3.21. The highest BCUT2D eigenvalue weighted by atomic mass is 16.5. The topological polar surface area (TPSA) is 34.4 Å². The van der Waals surface area contributed by atoms with Crippen LogP contribution in [0.3, 0.4) is 0 Å². The summed E-state index contributed by atoms with van der Waals surface area (Å²) in [6.07, 6.45) is 0.938. The Morgan fingerprint density at radius 2 is 2.17 bits per heavy atom. The average molecular weight is 247 g/mol. The number of methoxy groups -OCH3 is 1. The zero-order valence-electron chi connectivity index (χ0n) is 11.5. The van der Waals surface area contributed by atoms with Gasteiger partial charge in [0, 0.05) is 12.5 Å². The van der Waals surface area contributed by atoms with Crippen LogP contribution in [0, 0.1) is 6.92 Å². The SMILES string of the molecule is CNC(C)c1oc2ccc(CCOC)cc2c1C. The average Bonchev–Trinajstić information content (AvgIpc) is 2.73. The molecule has 18 heavy (non-hydrogen) atoms. The van der Waals surface area contributed by atoms with Crippen molar-refractivity contribution < 1.29 is 9.15 Å². The molecule has 1 heterocycles. The number of ether oxygens (including phenoxy) is 1. The van der Waals surface area contributed by atoms with E-state index in [0.29, 0.717) is 0 Å². The fourth-order valence-corrected chi connectivity index (χ4v) is 2.21. The summed E-state index contributed by atoms with van der Waals surface area (Å²) in [5.41, 5.74) is 3.48. The van der Waals surface area contributed by atoms with E-state index in [9.17, 15) is 0 Å². The summed E-state index contributed by atoms with van der Waals surface area (Å²) in [6, 6.07) is 6.61. The van der Waals surface area contributed by atoms with Crippen molar-refractivity contribution in [1.29, 1.82) is 0 Å². The van der Waals surface area contributed by atoms with Gasteiger partial charge in [0.05, 0.1) is 12.6 Å². The molecule has 1 atom stereocenters. The molecule has 1 unspecified atom stereocenters. The first-order chi connectivity index (χ1) is 8.67. The molecule has 0 spiro atoms. The van der Waals surface area contributed by atoms with Gasteiger partial charge in [-0.2, -0.15) is 0 Å². The second-order valence-corrected chi connectivity index (χ2v) is 4.67. The molecule has 1 aromatic carbocycles. The highest BCUT2D eigenvalue weighted by Crippen LogP contribution is 2.30. The minimum absolute atomic E-state index is 0.236. The van der Waals surface area contributed by atoms with Gasteiger partial charge in [0.25, 0.3) is 0 Å². The molecule has 0 aliphatic carbocycles. The standard InChI is InChI=1S/C15H21NO2/c1-10-13-9-12(7-8-17-4)5-6-14(13)18-15(10)11(2)16-3/h5-6,9,11,16H,7-8H2,1-4H3. The lowest BCUT2D eigenvalue weighted by Crippen LogP contribution is -2.12. The van der Waals surface area contributed by atoms with Crippen LogP contribution in [0.2, 0.25) is 0 Å². The molecule has 0 aliphatic heterocycles. The van der Waals surface area contributed by atoms with Gasteiger partial charge in [0.1, 0.15) is 11.3 Å². The Balaban J connectivity index is 2.40. The number of nitrogens with one attached hydrogen (secondary N) is 1. The first-order valence-corrected chi connectivity index (χ1v) is 6.35. The number of fused-ring (bicyclic) bond motifs is 1. The molecular formula is C15H21NO2. The molecule has 1 aromatic heterocycles. The van der Waals surface area contributed by atoms with E-state index in [4.69, 9.17) is 9.15 Å². The Hall–Kier alpha value is -1.32. The van der Waals surface area contributed by atoms with Gasteiger partial charge in [-0.05, 0) is 50.6 Å². The highest BCUT2D eigenvalue weighted by Gasteiger charge is 2.15. The molecule has 0 saturated heterocycles. The molecule has 0 amide bonds. The van der Waals surface area contributed by atoms with Crippen molar-refractivity contribution in [3.63, 3.8) is 0 Å². The lowest BCUT2D eigenvalue weighted by atomic mass is 10.1. The van der Waals surface area contributed by atoms with E-state index >= 15 is 0 Å². The summed E-state index contributed by atoms with van der Waals surface area (Å²) in [4.78, 5) is 0. The molecule has 1 N–H and O–H groups in total. The van der Waals surface area contributed by atoms with Crippen LogP contribution in [0.4, 0.5) is 0 Å². The van der Waals surface area contributed by atoms with E-state index in [1.54, 1.807) is 7.11 Å². The Labute approximate surface area is 108 Å². The molecule has 0 aliphatic rings. The first kappa shape index (κ1) is 13.1. The van der Waals surface area contributed by atoms with Crippen molar-refractivity contribution in [2.75, 3.05) is 20.8 Å². The smallest absolute Gasteiger partial charge is 0.134 e. The second kappa shape index (κ2) is 5.55. The van der Waals surface area contributed by atoms with Gasteiger partial charge < -0.3 is 14.5 Å². The van der Waals surface area contributed by atoms with Gasteiger partial charge in [-0.15, -0.1) is 0 Å². The number of aryl methyl sites for hydroxylation is 1. The van der Waals surface area contributed by atoms with Crippen molar-refractivity contribution >= 4 is 11.0 Å². The Morgan fingerprint density at radius 3 is 2.83 bits per heavy atom. The zero-order valence-corrected chi connectivity index (χ0v) is 11.5. The molecule has 0 fully saturated rings. The van der Waals surface area contributed by atoms with Crippen molar-refractivity contribution in [1.82, 2.24) is 5.32 Å². The van der Waals surface area contributed by atoms with E-state index in [0.717, 1.165) is 24.4 Å². The van der Waals surface area contributed by atoms with Crippen molar-refractivity contribution in [2.24, 2.45) is 0 Å². The molecule has 98 valence electrons. The fourth-order valence-electron chi connectivity index (χ4n) is 2.21. The summed E-state index contributed by atoms with van der Waals surface area (Å²) in [6.45, 7) is 4.98. The van der Waals surface area contributed by atoms with Crippen molar-refractivity contribution in [2.45, 2.75) is 26.3 Å². The summed E-state index contributed by atoms with van der Waals surface area (Å²) in [5, 5.41) is 4.43. The number of hydrogen-bond acceptors (Lipinski definition) is 3. The minimum atomic E-state index is 0.236. The maximum Gasteiger partial charge on any atom is 0.134 e. The third-order valence-corrected chi connectivity index (χ3v) is 3.46. The summed E-state index contributed by atoms with van der Waals surface area (Å²) in [5.74, 6) is 1.02. The van der Waals surface area contributed by atoms with Crippen LogP contribution < -0.4 is 5.32 Å². The first-order valence-electron chi connectivity index (χ1n) is 6.35. The van der Waals surface area contributed by atoms with Crippen LogP contribution in [0.1, 0.15) is 29.9 Å². The largest absolute Gasteiger partial charge is 0.459 e. The Bertz CT molecular complexity index is 531. The van der Waals surface area contributed by atoms with E-state index < -0.39 is 0 Å². The molecular weight excluding hydrogens is 226 g/mol. The molecule has 2 aromatic rings. The van der Waals surface area contributed by atoms with Crippen molar-refractivity contribution in [3.05, 3.63) is 35.1 Å². The van der Waals surface area contributed by atoms with Crippen LogP contribution in [-0.4, -0.2) is 20.8 Å². The summed E-state index contributed by atoms with van der Waals surface area (Å²) >= 11 is 0. The van der Waals surface area contributed by atoms with Crippen LogP contribution >= 0.6 is 0 Å². The molecule has 3 nitrogen and oxygen atoms in total. The number of hydrogen-bond donors (Lipinski definition) is 1. The monoisotopic (exact) mass is 247 g/mol. The number of furan rings is 1. The maximum absolute atomic E-state index is 5.92. The van der Waals surface area contributed by atoms with Crippen LogP contribution in [0.25, 0.3) is 11.0 Å². The van der Waals surface area contributed by atoms with Crippen LogP contribution in [-0.2, 0) is 11.2 Å². The Morgan fingerprint density at radius 1 is 1.39 bits per heavy atom. The van der Waals surface area contributed by atoms with Crippen molar-refractivity contribution in [3.8, 4) is 0 Å². The number of benzene rings is 1. The van der Waals surface area contributed by atoms with E-state index in [-0.39, 0.29) is 6.04 Å². The zero-order chi connectivity index (χ0) is 13.1. The fraction of sp³-hybridized carbons (Fsp3) is 0.467. The van der Waals surface area contributed by atoms with Gasteiger partial charge in [0.2, 0.25) is 0 Å². The normalized spacial score (nSPS) is 13.1. The van der Waals surface area contributed by atoms with Gasteiger partial charge >= 0.3 is 0 Å². The molecule has 3 heteroatoms. The lowest BCUT2D eigenvalue weighted by molar-refractivity contribution is 0.202. The van der Waals surface area contributed by atoms with Gasteiger partial charge in [-0.1, -0.05) is 6.07 Å². The molecule has 0 saturated carbocycles. The summed E-state index contributed by atoms with van der Waals surface area (Å²) in [7, 11) is 3.68. The lowest BCUT2D eigenvalue weighted by Gasteiger charge is -2.06. The molecule has 0 radical (unpaired) electrons. The highest BCUT2D eigenvalue weighted by molar-refractivity contribution is 5.82. The molecule has 0 bridgehead atoms.